The van der Waals surface area contributed by atoms with Crippen molar-refractivity contribution in [3.63, 3.8) is 0 Å². The van der Waals surface area contributed by atoms with Gasteiger partial charge < -0.3 is 4.90 Å². The standard InChI is InChI=1S/C15H19FN4O/c1-19-6-3-11(4-7-19)15(21)20-14(2-5-18-20)12-8-13(16)10-17-9-12/h5,8-11,14H,2-4,6-7H2,1H3/t14-/m0/s1. The summed E-state index contributed by atoms with van der Waals surface area (Å²) in [5, 5.41) is 5.73. The Balaban J connectivity index is 1.74. The third-order valence-electron chi connectivity index (χ3n) is 4.23. The van der Waals surface area contributed by atoms with Crippen molar-refractivity contribution in [1.29, 1.82) is 0 Å². The van der Waals surface area contributed by atoms with Gasteiger partial charge in [0.2, 0.25) is 5.91 Å². The number of pyridine rings is 1. The summed E-state index contributed by atoms with van der Waals surface area (Å²) >= 11 is 0. The van der Waals surface area contributed by atoms with Crippen LogP contribution in [-0.2, 0) is 4.79 Å². The number of carbonyl (C=O) groups is 1. The Morgan fingerprint density at radius 3 is 2.81 bits per heavy atom. The number of amides is 1. The third-order valence-corrected chi connectivity index (χ3v) is 4.23. The van der Waals surface area contributed by atoms with Crippen molar-refractivity contribution < 1.29 is 9.18 Å². The Hall–Kier alpha value is -1.82. The molecule has 112 valence electrons. The van der Waals surface area contributed by atoms with E-state index < -0.39 is 0 Å². The van der Waals surface area contributed by atoms with Gasteiger partial charge in [-0.15, -0.1) is 0 Å². The molecule has 0 radical (unpaired) electrons. The van der Waals surface area contributed by atoms with Crippen molar-refractivity contribution in [3.8, 4) is 0 Å². The Kier molecular flexibility index (Phi) is 3.96. The molecular weight excluding hydrogens is 271 g/mol. The maximum Gasteiger partial charge on any atom is 0.246 e. The van der Waals surface area contributed by atoms with Crippen LogP contribution in [0, 0.1) is 11.7 Å². The van der Waals surface area contributed by atoms with Crippen molar-refractivity contribution in [2.24, 2.45) is 11.0 Å². The number of carbonyl (C=O) groups excluding carboxylic acids is 1. The molecule has 1 aromatic heterocycles. The molecule has 1 atom stereocenters. The lowest BCUT2D eigenvalue weighted by Crippen LogP contribution is -2.39. The zero-order valence-electron chi connectivity index (χ0n) is 12.1. The summed E-state index contributed by atoms with van der Waals surface area (Å²) in [6, 6.07) is 1.21. The molecule has 0 aliphatic carbocycles. The van der Waals surface area contributed by atoms with E-state index in [4.69, 9.17) is 0 Å². The minimum absolute atomic E-state index is 0.0143. The van der Waals surface area contributed by atoms with Gasteiger partial charge in [-0.25, -0.2) is 9.40 Å². The lowest BCUT2D eigenvalue weighted by atomic mass is 9.95. The molecule has 1 fully saturated rings. The van der Waals surface area contributed by atoms with Gasteiger partial charge in [0.15, 0.2) is 0 Å². The third kappa shape index (κ3) is 2.95. The topological polar surface area (TPSA) is 48.8 Å². The van der Waals surface area contributed by atoms with Gasteiger partial charge in [0.25, 0.3) is 0 Å². The van der Waals surface area contributed by atoms with E-state index in [2.05, 4.69) is 22.0 Å². The number of likely N-dealkylation sites (tertiary alicyclic amines) is 1. The highest BCUT2D eigenvalue weighted by Gasteiger charge is 2.34. The molecule has 6 heteroatoms. The van der Waals surface area contributed by atoms with E-state index in [0.29, 0.717) is 12.0 Å². The summed E-state index contributed by atoms with van der Waals surface area (Å²) in [4.78, 5) is 18.8. The van der Waals surface area contributed by atoms with E-state index in [0.717, 1.165) is 25.9 Å². The fraction of sp³-hybridized carbons (Fsp3) is 0.533. The van der Waals surface area contributed by atoms with Crippen LogP contribution in [0.2, 0.25) is 0 Å². The van der Waals surface area contributed by atoms with Crippen molar-refractivity contribution in [2.75, 3.05) is 20.1 Å². The second kappa shape index (κ2) is 5.89. The average molecular weight is 290 g/mol. The molecule has 0 unspecified atom stereocenters. The summed E-state index contributed by atoms with van der Waals surface area (Å²) < 4.78 is 13.3. The Labute approximate surface area is 123 Å². The molecule has 21 heavy (non-hydrogen) atoms. The first-order valence-electron chi connectivity index (χ1n) is 7.29. The number of piperidine rings is 1. The number of aromatic nitrogens is 1. The van der Waals surface area contributed by atoms with Crippen LogP contribution in [0.1, 0.15) is 30.9 Å². The lowest BCUT2D eigenvalue weighted by molar-refractivity contribution is -0.138. The number of hydrogen-bond acceptors (Lipinski definition) is 4. The monoisotopic (exact) mass is 290 g/mol. The molecule has 5 nitrogen and oxygen atoms in total. The van der Waals surface area contributed by atoms with E-state index in [9.17, 15) is 9.18 Å². The molecule has 2 aliphatic rings. The largest absolute Gasteiger partial charge is 0.306 e. The Morgan fingerprint density at radius 1 is 1.33 bits per heavy atom. The first-order valence-corrected chi connectivity index (χ1v) is 7.29. The number of hydrazone groups is 1. The minimum atomic E-state index is -0.383. The van der Waals surface area contributed by atoms with Crippen LogP contribution in [0.15, 0.2) is 23.6 Å². The predicted octanol–water partition coefficient (Wildman–Crippen LogP) is 1.82. The second-order valence-corrected chi connectivity index (χ2v) is 5.75. The maximum atomic E-state index is 13.3. The lowest BCUT2D eigenvalue weighted by Gasteiger charge is -2.31. The summed E-state index contributed by atoms with van der Waals surface area (Å²) in [6.45, 7) is 1.86. The van der Waals surface area contributed by atoms with Crippen molar-refractivity contribution >= 4 is 12.1 Å². The van der Waals surface area contributed by atoms with Crippen LogP contribution in [0.4, 0.5) is 4.39 Å². The second-order valence-electron chi connectivity index (χ2n) is 5.75. The first kappa shape index (κ1) is 14.1. The van der Waals surface area contributed by atoms with Gasteiger partial charge in [-0.3, -0.25) is 9.78 Å². The Morgan fingerprint density at radius 2 is 2.10 bits per heavy atom. The zero-order chi connectivity index (χ0) is 14.8. The quantitative estimate of drug-likeness (QED) is 0.835. The highest BCUT2D eigenvalue weighted by Crippen LogP contribution is 2.31. The maximum absolute atomic E-state index is 13.3. The molecule has 0 saturated carbocycles. The molecule has 2 aliphatic heterocycles. The summed E-state index contributed by atoms with van der Waals surface area (Å²) in [5.74, 6) is -0.322. The van der Waals surface area contributed by atoms with Crippen LogP contribution < -0.4 is 0 Å². The molecule has 1 saturated heterocycles. The van der Waals surface area contributed by atoms with Crippen LogP contribution in [-0.4, -0.2) is 47.2 Å². The fourth-order valence-electron chi connectivity index (χ4n) is 2.96. The van der Waals surface area contributed by atoms with Crippen LogP contribution >= 0.6 is 0 Å². The van der Waals surface area contributed by atoms with E-state index in [1.54, 1.807) is 12.4 Å². The van der Waals surface area contributed by atoms with Gasteiger partial charge >= 0.3 is 0 Å². The van der Waals surface area contributed by atoms with Gasteiger partial charge in [-0.05, 0) is 44.6 Å². The molecule has 0 N–H and O–H groups in total. The van der Waals surface area contributed by atoms with Gasteiger partial charge in [0.05, 0.1) is 12.2 Å². The van der Waals surface area contributed by atoms with Gasteiger partial charge in [0.1, 0.15) is 5.82 Å². The fourth-order valence-corrected chi connectivity index (χ4v) is 2.96. The summed E-state index contributed by atoms with van der Waals surface area (Å²) in [6.07, 6.45) is 6.83. The van der Waals surface area contributed by atoms with Crippen molar-refractivity contribution in [3.05, 3.63) is 29.8 Å². The van der Waals surface area contributed by atoms with Crippen LogP contribution in [0.25, 0.3) is 0 Å². The van der Waals surface area contributed by atoms with Crippen molar-refractivity contribution in [1.82, 2.24) is 14.9 Å². The molecule has 0 aromatic carbocycles. The van der Waals surface area contributed by atoms with Crippen molar-refractivity contribution in [2.45, 2.75) is 25.3 Å². The van der Waals surface area contributed by atoms with Gasteiger partial charge in [-0.2, -0.15) is 5.10 Å². The molecule has 3 rings (SSSR count). The number of nitrogens with zero attached hydrogens (tertiary/aromatic N) is 4. The van der Waals surface area contributed by atoms with Gasteiger partial charge in [0, 0.05) is 24.8 Å². The molecular formula is C15H19FN4O. The molecule has 0 spiro atoms. The summed E-state index contributed by atoms with van der Waals surface area (Å²) in [5.41, 5.74) is 0.703. The van der Waals surface area contributed by atoms with E-state index in [-0.39, 0.29) is 23.7 Å². The highest BCUT2D eigenvalue weighted by molar-refractivity contribution is 5.82. The number of halogens is 1. The SMILES string of the molecule is CN1CCC(C(=O)N2N=CC[C@H]2c2cncc(F)c2)CC1. The number of rotatable bonds is 2. The molecule has 1 aromatic rings. The smallest absolute Gasteiger partial charge is 0.246 e. The van der Waals surface area contributed by atoms with E-state index in [1.165, 1.54) is 17.3 Å². The van der Waals surface area contributed by atoms with Crippen LogP contribution in [0.3, 0.4) is 0 Å². The summed E-state index contributed by atoms with van der Waals surface area (Å²) in [7, 11) is 2.07. The minimum Gasteiger partial charge on any atom is -0.306 e. The van der Waals surface area contributed by atoms with Gasteiger partial charge in [-0.1, -0.05) is 0 Å². The predicted molar refractivity (Wildman–Crippen MR) is 77.1 cm³/mol. The molecule has 3 heterocycles. The highest BCUT2D eigenvalue weighted by atomic mass is 19.1. The van der Waals surface area contributed by atoms with E-state index >= 15 is 0 Å². The number of hydrogen-bond donors (Lipinski definition) is 0. The normalized spacial score (nSPS) is 23.7. The zero-order valence-corrected chi connectivity index (χ0v) is 12.1. The van der Waals surface area contributed by atoms with Crippen LogP contribution in [0.5, 0.6) is 0 Å². The Bertz CT molecular complexity index is 554. The van der Waals surface area contributed by atoms with E-state index in [1.807, 2.05) is 0 Å². The molecule has 0 bridgehead atoms. The molecule has 1 amide bonds. The average Bonchev–Trinajstić information content (AvgIpc) is 2.97. The first-order chi connectivity index (χ1) is 10.1.